The molecule has 6 rings (SSSR count). The lowest BCUT2D eigenvalue weighted by Gasteiger charge is -2.14. The number of fused-ring (bicyclic) bond motifs is 1. The van der Waals surface area contributed by atoms with E-state index in [1.165, 1.54) is 83.3 Å². The molecule has 1 aliphatic rings. The molecule has 0 unspecified atom stereocenters. The molecular weight excluding hydrogens is 815 g/mol. The number of halogens is 3. The molecule has 1 N–H and O–H groups in total. The zero-order chi connectivity index (χ0) is 42.9. The number of aromatic nitrogens is 5. The van der Waals surface area contributed by atoms with Gasteiger partial charge in [0.2, 0.25) is 0 Å². The van der Waals surface area contributed by atoms with E-state index < -0.39 is 5.82 Å². The Labute approximate surface area is 360 Å². The number of methoxy groups -OCH3 is 2. The first-order chi connectivity index (χ1) is 27.6. The van der Waals surface area contributed by atoms with Crippen LogP contribution in [0.25, 0.3) is 5.69 Å². The number of rotatable bonds is 11. The van der Waals surface area contributed by atoms with Crippen LogP contribution in [-0.2, 0) is 38.5 Å². The first kappa shape index (κ1) is 48.2. The third-order valence-corrected chi connectivity index (χ3v) is 10.5. The fourth-order valence-corrected chi connectivity index (χ4v) is 7.66. The van der Waals surface area contributed by atoms with E-state index in [-0.39, 0.29) is 5.75 Å². The fraction of sp³-hybridized carbons (Fsp3) is 0.489. The molecular formula is C47H63BrClFN6O2. The van der Waals surface area contributed by atoms with Crippen LogP contribution in [0.3, 0.4) is 0 Å². The average molecular weight is 878 g/mol. The Bertz CT molecular complexity index is 2050. The molecule has 2 heterocycles. The van der Waals surface area contributed by atoms with Crippen LogP contribution in [0.2, 0.25) is 5.02 Å². The number of nitrogens with one attached hydrogen (secondary N) is 1. The molecule has 0 aliphatic heterocycles. The van der Waals surface area contributed by atoms with Gasteiger partial charge in [0.15, 0.2) is 11.6 Å². The monoisotopic (exact) mass is 876 g/mol. The maximum atomic E-state index is 13.8. The van der Waals surface area contributed by atoms with Crippen molar-refractivity contribution in [2.45, 2.75) is 114 Å². The van der Waals surface area contributed by atoms with Crippen molar-refractivity contribution in [3.63, 3.8) is 0 Å². The molecule has 0 radical (unpaired) electrons. The summed E-state index contributed by atoms with van der Waals surface area (Å²) in [6.07, 6.45) is 12.1. The minimum Gasteiger partial charge on any atom is -0.496 e. The Kier molecular flexibility index (Phi) is 19.9. The smallest absolute Gasteiger partial charge is 0.169 e. The number of aromatic amines is 1. The Morgan fingerprint density at radius 3 is 2.05 bits per heavy atom. The maximum Gasteiger partial charge on any atom is 0.169 e. The van der Waals surface area contributed by atoms with Crippen LogP contribution >= 0.6 is 27.5 Å². The lowest BCUT2D eigenvalue weighted by Crippen LogP contribution is -2.04. The molecule has 8 nitrogen and oxygen atoms in total. The molecule has 5 aromatic rings. The minimum absolute atomic E-state index is 0.199. The van der Waals surface area contributed by atoms with Gasteiger partial charge in [0, 0.05) is 20.8 Å². The number of aryl methyl sites for hydroxylation is 1. The highest BCUT2D eigenvalue weighted by Gasteiger charge is 2.17. The van der Waals surface area contributed by atoms with Gasteiger partial charge in [-0.2, -0.15) is 15.5 Å². The Morgan fingerprint density at radius 2 is 1.47 bits per heavy atom. The Morgan fingerprint density at radius 1 is 0.845 bits per heavy atom. The van der Waals surface area contributed by atoms with Crippen molar-refractivity contribution in [2.24, 2.45) is 23.7 Å². The van der Waals surface area contributed by atoms with Crippen LogP contribution in [0.4, 0.5) is 4.39 Å². The van der Waals surface area contributed by atoms with Crippen molar-refractivity contribution < 1.29 is 13.9 Å². The lowest BCUT2D eigenvalue weighted by atomic mass is 9.93. The standard InChI is InChI=1S/C12H17BrO.C12H14ClN3.C12H14FNO.C11H18N2/c1-8(2)7-10-9(3)12(14-4)6-5-11(10)13;1-9(2)5-10-6-11(13)3-4-12(10)16-8-14-7-15-16;1-8(2)6-10-9(7-14)4-5-11(15-3)12(10)13;1-8(2)7-11-9-5-3-4-6-10(9)12-13-11/h5-6,8H,7H2,1-4H3;3-4,6-9H,5H2,1-2H3;4-5,8H,6H2,1-3H3;8H,3-7H2,1-2H3,(H,12,13). The molecule has 0 bridgehead atoms. The van der Waals surface area contributed by atoms with Crippen LogP contribution in [0.5, 0.6) is 11.5 Å². The molecule has 0 amide bonds. The van der Waals surface area contributed by atoms with Gasteiger partial charge >= 0.3 is 0 Å². The zero-order valence-electron chi connectivity index (χ0n) is 36.3. The molecule has 3 aromatic carbocycles. The summed E-state index contributed by atoms with van der Waals surface area (Å²) in [6, 6.07) is 15.0. The van der Waals surface area contributed by atoms with Gasteiger partial charge in [-0.25, -0.2) is 14.1 Å². The summed E-state index contributed by atoms with van der Waals surface area (Å²) in [6.45, 7) is 19.4. The third-order valence-electron chi connectivity index (χ3n) is 9.56. The quantitative estimate of drug-likeness (QED) is 0.142. The van der Waals surface area contributed by atoms with Crippen molar-refractivity contribution in [1.82, 2.24) is 25.0 Å². The summed E-state index contributed by atoms with van der Waals surface area (Å²) in [7, 11) is 3.14. The molecule has 11 heteroatoms. The van der Waals surface area contributed by atoms with Gasteiger partial charge in [-0.15, -0.1) is 0 Å². The Balaban J connectivity index is 0.000000207. The number of benzene rings is 3. The summed E-state index contributed by atoms with van der Waals surface area (Å²) in [4.78, 5) is 3.96. The van der Waals surface area contributed by atoms with E-state index in [0.717, 1.165) is 35.7 Å². The summed E-state index contributed by atoms with van der Waals surface area (Å²) in [5.74, 6) is 3.03. The van der Waals surface area contributed by atoms with E-state index in [0.29, 0.717) is 41.2 Å². The molecule has 314 valence electrons. The summed E-state index contributed by atoms with van der Waals surface area (Å²) >= 11 is 9.60. The van der Waals surface area contributed by atoms with Gasteiger partial charge in [-0.1, -0.05) is 82.9 Å². The maximum absolute atomic E-state index is 13.8. The zero-order valence-corrected chi connectivity index (χ0v) is 38.7. The van der Waals surface area contributed by atoms with Gasteiger partial charge in [0.1, 0.15) is 18.4 Å². The molecule has 0 spiro atoms. The van der Waals surface area contributed by atoms with E-state index in [4.69, 9.17) is 26.3 Å². The molecule has 0 saturated carbocycles. The molecule has 0 atom stereocenters. The topological polar surface area (TPSA) is 102 Å². The number of hydrogen-bond donors (Lipinski definition) is 1. The predicted molar refractivity (Wildman–Crippen MR) is 239 cm³/mol. The molecule has 0 saturated heterocycles. The lowest BCUT2D eigenvalue weighted by molar-refractivity contribution is 0.382. The van der Waals surface area contributed by atoms with Crippen molar-refractivity contribution >= 4 is 27.5 Å². The summed E-state index contributed by atoms with van der Waals surface area (Å²) < 4.78 is 26.9. The van der Waals surface area contributed by atoms with Crippen LogP contribution < -0.4 is 9.47 Å². The number of ether oxygens (including phenoxy) is 2. The SMILES string of the molecule is CC(C)Cc1cc(Cl)ccc1-n1cncn1.CC(C)Cc1n[nH]c2c1CCCC2.COc1ccc(Br)c(CC(C)C)c1C.COc1ccc(C#N)c(CC(C)C)c1F. The van der Waals surface area contributed by atoms with Gasteiger partial charge in [0.05, 0.1) is 37.2 Å². The van der Waals surface area contributed by atoms with Gasteiger partial charge < -0.3 is 9.47 Å². The second kappa shape index (κ2) is 24.0. The molecule has 2 aromatic heterocycles. The number of nitrogens with zero attached hydrogens (tertiary/aromatic N) is 5. The summed E-state index contributed by atoms with van der Waals surface area (Å²) in [5, 5.41) is 21.4. The third kappa shape index (κ3) is 14.6. The minimum atomic E-state index is -0.412. The van der Waals surface area contributed by atoms with Crippen molar-refractivity contribution in [3.8, 4) is 23.3 Å². The van der Waals surface area contributed by atoms with E-state index in [1.807, 2.05) is 44.2 Å². The van der Waals surface area contributed by atoms with Crippen LogP contribution in [0, 0.1) is 47.7 Å². The van der Waals surface area contributed by atoms with Gasteiger partial charge in [0.25, 0.3) is 0 Å². The number of H-pyrrole nitrogens is 1. The normalized spacial score (nSPS) is 11.9. The first-order valence-electron chi connectivity index (χ1n) is 20.4. The fourth-order valence-electron chi connectivity index (χ4n) is 6.87. The molecule has 58 heavy (non-hydrogen) atoms. The second-order valence-electron chi connectivity index (χ2n) is 16.4. The highest BCUT2D eigenvalue weighted by Crippen LogP contribution is 2.30. The van der Waals surface area contributed by atoms with Crippen LogP contribution in [0.1, 0.15) is 113 Å². The second-order valence-corrected chi connectivity index (χ2v) is 17.7. The van der Waals surface area contributed by atoms with Crippen molar-refractivity contribution in [3.05, 3.63) is 115 Å². The van der Waals surface area contributed by atoms with E-state index in [2.05, 4.69) is 90.7 Å². The molecule has 0 fully saturated rings. The molecule has 1 aliphatic carbocycles. The average Bonchev–Trinajstić information content (AvgIpc) is 3.85. The first-order valence-corrected chi connectivity index (χ1v) is 21.5. The predicted octanol–water partition coefficient (Wildman–Crippen LogP) is 12.5. The largest absolute Gasteiger partial charge is 0.496 e. The van der Waals surface area contributed by atoms with E-state index in [1.54, 1.807) is 24.2 Å². The van der Waals surface area contributed by atoms with E-state index in [9.17, 15) is 4.39 Å². The van der Waals surface area contributed by atoms with Crippen LogP contribution in [0.15, 0.2) is 59.6 Å². The van der Waals surface area contributed by atoms with Crippen molar-refractivity contribution in [2.75, 3.05) is 14.2 Å². The van der Waals surface area contributed by atoms with Crippen molar-refractivity contribution in [1.29, 1.82) is 5.26 Å². The van der Waals surface area contributed by atoms with E-state index >= 15 is 0 Å². The number of nitriles is 1. The Hall–Kier alpha value is -4.20. The van der Waals surface area contributed by atoms with Gasteiger partial charge in [-0.05, 0) is 147 Å². The van der Waals surface area contributed by atoms with Crippen LogP contribution in [-0.4, -0.2) is 39.2 Å². The van der Waals surface area contributed by atoms with Gasteiger partial charge in [-0.3, -0.25) is 5.10 Å². The highest BCUT2D eigenvalue weighted by molar-refractivity contribution is 9.10. The number of hydrogen-bond acceptors (Lipinski definition) is 6. The highest BCUT2D eigenvalue weighted by atomic mass is 79.9. The summed E-state index contributed by atoms with van der Waals surface area (Å²) in [5.41, 5.74) is 9.96.